The molecule has 0 atom stereocenters. The van der Waals surface area contributed by atoms with Crippen molar-refractivity contribution >= 4 is 11.6 Å². The fraction of sp³-hybridized carbons (Fsp3) is 0.143. The van der Waals surface area contributed by atoms with E-state index in [0.29, 0.717) is 17.0 Å². The Balaban J connectivity index is 2.29. The van der Waals surface area contributed by atoms with Crippen molar-refractivity contribution in [1.82, 2.24) is 4.98 Å². The minimum atomic E-state index is -0.359. The van der Waals surface area contributed by atoms with Crippen LogP contribution < -0.4 is 15.6 Å². The van der Waals surface area contributed by atoms with Gasteiger partial charge in [-0.2, -0.15) is 0 Å². The van der Waals surface area contributed by atoms with Gasteiger partial charge in [0.2, 0.25) is 0 Å². The summed E-state index contributed by atoms with van der Waals surface area (Å²) < 4.78 is 5.11. The maximum atomic E-state index is 11.9. The molecule has 0 radical (unpaired) electrons. The maximum Gasteiger partial charge on any atom is 0.272 e. The molecule has 0 spiro atoms. The van der Waals surface area contributed by atoms with Crippen LogP contribution in [0.1, 0.15) is 16.1 Å². The molecule has 2 rings (SSSR count). The number of pyridine rings is 1. The van der Waals surface area contributed by atoms with E-state index in [1.807, 2.05) is 6.07 Å². The predicted molar refractivity (Wildman–Crippen MR) is 72.7 cm³/mol. The highest BCUT2D eigenvalue weighted by Crippen LogP contribution is 2.17. The van der Waals surface area contributed by atoms with Crippen molar-refractivity contribution in [3.8, 4) is 5.75 Å². The number of aryl methyl sites for hydroxylation is 1. The van der Waals surface area contributed by atoms with Crippen LogP contribution in [0.25, 0.3) is 0 Å². The molecule has 0 aliphatic rings. The quantitative estimate of drug-likeness (QED) is 0.883. The van der Waals surface area contributed by atoms with E-state index in [9.17, 15) is 9.59 Å². The highest BCUT2D eigenvalue weighted by Gasteiger charge is 2.10. The van der Waals surface area contributed by atoms with Gasteiger partial charge < -0.3 is 15.0 Å². The molecule has 0 unspecified atom stereocenters. The number of nitrogens with one attached hydrogen (secondary N) is 2. The minimum absolute atomic E-state index is 0.163. The largest absolute Gasteiger partial charge is 0.495 e. The van der Waals surface area contributed by atoms with Crippen molar-refractivity contribution in [3.63, 3.8) is 0 Å². The van der Waals surface area contributed by atoms with Crippen molar-refractivity contribution in [2.45, 2.75) is 6.92 Å². The molecular formula is C14H14N2O3. The third kappa shape index (κ3) is 2.82. The number of aromatic nitrogens is 1. The Bertz CT molecular complexity index is 647. The van der Waals surface area contributed by atoms with Gasteiger partial charge in [-0.15, -0.1) is 0 Å². The number of hydrogen-bond donors (Lipinski definition) is 2. The Morgan fingerprint density at radius 2 is 1.95 bits per heavy atom. The lowest BCUT2D eigenvalue weighted by Crippen LogP contribution is -2.20. The lowest BCUT2D eigenvalue weighted by Gasteiger charge is -2.08. The maximum absolute atomic E-state index is 11.9. The molecule has 2 N–H and O–H groups in total. The number of H-pyrrole nitrogens is 1. The van der Waals surface area contributed by atoms with Gasteiger partial charge in [-0.25, -0.2) is 0 Å². The molecule has 0 saturated heterocycles. The number of methoxy groups -OCH3 is 1. The summed E-state index contributed by atoms with van der Waals surface area (Å²) in [7, 11) is 1.50. The molecule has 0 bridgehead atoms. The van der Waals surface area contributed by atoms with Crippen molar-refractivity contribution in [2.75, 3.05) is 12.4 Å². The lowest BCUT2D eigenvalue weighted by molar-refractivity contribution is 0.102. The highest BCUT2D eigenvalue weighted by atomic mass is 16.5. The van der Waals surface area contributed by atoms with Crippen LogP contribution in [0, 0.1) is 6.92 Å². The summed E-state index contributed by atoms with van der Waals surface area (Å²) in [4.78, 5) is 26.3. The molecule has 0 aliphatic carbocycles. The van der Waals surface area contributed by atoms with Crippen molar-refractivity contribution in [1.29, 1.82) is 0 Å². The summed E-state index contributed by atoms with van der Waals surface area (Å²) in [5, 5.41) is 2.57. The molecule has 5 nitrogen and oxygen atoms in total. The van der Waals surface area contributed by atoms with E-state index in [1.54, 1.807) is 31.2 Å². The summed E-state index contributed by atoms with van der Waals surface area (Å²) in [6, 6.07) is 10.2. The van der Waals surface area contributed by atoms with Gasteiger partial charge in [0.05, 0.1) is 12.8 Å². The van der Waals surface area contributed by atoms with Crippen LogP contribution >= 0.6 is 0 Å². The number of hydrogen-bond acceptors (Lipinski definition) is 3. The van der Waals surface area contributed by atoms with E-state index in [0.717, 1.165) is 0 Å². The van der Waals surface area contributed by atoms with Crippen LogP contribution in [0.4, 0.5) is 5.69 Å². The summed E-state index contributed by atoms with van der Waals surface area (Å²) in [5.41, 5.74) is 0.908. The molecule has 5 heteroatoms. The minimum Gasteiger partial charge on any atom is -0.495 e. The molecule has 1 heterocycles. The zero-order valence-electron chi connectivity index (χ0n) is 10.7. The van der Waals surface area contributed by atoms with Crippen LogP contribution in [-0.2, 0) is 0 Å². The van der Waals surface area contributed by atoms with E-state index in [-0.39, 0.29) is 17.2 Å². The van der Waals surface area contributed by atoms with Gasteiger partial charge in [-0.05, 0) is 19.1 Å². The zero-order valence-corrected chi connectivity index (χ0v) is 10.7. The van der Waals surface area contributed by atoms with Gasteiger partial charge in [0.25, 0.3) is 11.5 Å². The van der Waals surface area contributed by atoms with Gasteiger partial charge >= 0.3 is 0 Å². The first-order valence-corrected chi connectivity index (χ1v) is 5.76. The topological polar surface area (TPSA) is 71.2 Å². The Morgan fingerprint density at radius 1 is 1.26 bits per heavy atom. The van der Waals surface area contributed by atoms with Crippen molar-refractivity contribution < 1.29 is 9.53 Å². The van der Waals surface area contributed by atoms with Gasteiger partial charge in [0, 0.05) is 11.6 Å². The number of amides is 1. The second kappa shape index (κ2) is 5.39. The molecule has 19 heavy (non-hydrogen) atoms. The molecule has 1 aromatic carbocycles. The van der Waals surface area contributed by atoms with Gasteiger partial charge in [-0.1, -0.05) is 18.2 Å². The van der Waals surface area contributed by atoms with Crippen LogP contribution in [0.5, 0.6) is 5.75 Å². The standard InChI is InChI=1S/C14H14N2O3/c1-9-12(19-2)8-11(14(18)15-9)16-13(17)10-6-4-3-5-7-10/h3-8H,1-2H3,(H,15,18)(H,16,17). The molecule has 0 aliphatic heterocycles. The van der Waals surface area contributed by atoms with Crippen LogP contribution in [0.15, 0.2) is 41.2 Å². The van der Waals surface area contributed by atoms with E-state index in [2.05, 4.69) is 10.3 Å². The van der Waals surface area contributed by atoms with E-state index in [4.69, 9.17) is 4.74 Å². The smallest absolute Gasteiger partial charge is 0.272 e. The van der Waals surface area contributed by atoms with Gasteiger partial charge in [-0.3, -0.25) is 9.59 Å². The van der Waals surface area contributed by atoms with Crippen LogP contribution in [0.3, 0.4) is 0 Å². The zero-order chi connectivity index (χ0) is 13.8. The van der Waals surface area contributed by atoms with E-state index >= 15 is 0 Å². The lowest BCUT2D eigenvalue weighted by atomic mass is 10.2. The van der Waals surface area contributed by atoms with E-state index < -0.39 is 0 Å². The second-order valence-electron chi connectivity index (χ2n) is 4.03. The molecule has 98 valence electrons. The number of carbonyl (C=O) groups excluding carboxylic acids is 1. The molecule has 0 fully saturated rings. The van der Waals surface area contributed by atoms with Crippen LogP contribution in [-0.4, -0.2) is 18.0 Å². The number of benzene rings is 1. The third-order valence-electron chi connectivity index (χ3n) is 2.69. The van der Waals surface area contributed by atoms with Gasteiger partial charge in [0.15, 0.2) is 0 Å². The second-order valence-corrected chi connectivity index (χ2v) is 4.03. The summed E-state index contributed by atoms with van der Waals surface area (Å²) in [5.74, 6) is 0.181. The average molecular weight is 258 g/mol. The predicted octanol–water partition coefficient (Wildman–Crippen LogP) is 1.94. The first-order chi connectivity index (χ1) is 9.11. The molecule has 1 aromatic heterocycles. The Kier molecular flexibility index (Phi) is 3.66. The first-order valence-electron chi connectivity index (χ1n) is 5.76. The molecule has 0 saturated carbocycles. The monoisotopic (exact) mass is 258 g/mol. The normalized spacial score (nSPS) is 10.0. The highest BCUT2D eigenvalue weighted by molar-refractivity contribution is 6.04. The first kappa shape index (κ1) is 12.9. The number of rotatable bonds is 3. The third-order valence-corrected chi connectivity index (χ3v) is 2.69. The van der Waals surface area contributed by atoms with Crippen LogP contribution in [0.2, 0.25) is 0 Å². The Labute approximate surface area is 110 Å². The Morgan fingerprint density at radius 3 is 2.58 bits per heavy atom. The molecule has 1 amide bonds. The van der Waals surface area contributed by atoms with Gasteiger partial charge in [0.1, 0.15) is 11.4 Å². The van der Waals surface area contributed by atoms with Crippen molar-refractivity contribution in [3.05, 3.63) is 58.0 Å². The number of anilines is 1. The van der Waals surface area contributed by atoms with E-state index in [1.165, 1.54) is 13.2 Å². The average Bonchev–Trinajstić information content (AvgIpc) is 2.42. The summed E-state index contributed by atoms with van der Waals surface area (Å²) in [6.07, 6.45) is 0. The fourth-order valence-corrected chi connectivity index (χ4v) is 1.69. The summed E-state index contributed by atoms with van der Waals surface area (Å²) in [6.45, 7) is 1.73. The number of aromatic amines is 1. The fourth-order valence-electron chi connectivity index (χ4n) is 1.69. The SMILES string of the molecule is COc1cc(NC(=O)c2ccccc2)c(=O)[nH]c1C. The molecule has 2 aromatic rings. The number of ether oxygens (including phenoxy) is 1. The van der Waals surface area contributed by atoms with Crippen molar-refractivity contribution in [2.24, 2.45) is 0 Å². The Hall–Kier alpha value is -2.56. The molecular weight excluding hydrogens is 244 g/mol. The number of carbonyl (C=O) groups is 1. The summed E-state index contributed by atoms with van der Waals surface area (Å²) >= 11 is 0.